The molecule has 0 amide bonds. The summed E-state index contributed by atoms with van der Waals surface area (Å²) in [5.41, 5.74) is 2.20. The lowest BCUT2D eigenvalue weighted by Crippen LogP contribution is -2.11. The van der Waals surface area contributed by atoms with Crippen molar-refractivity contribution in [3.05, 3.63) is 48.4 Å². The van der Waals surface area contributed by atoms with Crippen LogP contribution in [-0.4, -0.2) is 38.7 Å². The summed E-state index contributed by atoms with van der Waals surface area (Å²) in [5, 5.41) is 8.21. The van der Waals surface area contributed by atoms with Crippen molar-refractivity contribution in [3.8, 4) is 17.3 Å². The Labute approximate surface area is 157 Å². The van der Waals surface area contributed by atoms with Gasteiger partial charge in [0.25, 0.3) is 0 Å². The second-order valence-electron chi connectivity index (χ2n) is 6.24. The van der Waals surface area contributed by atoms with Gasteiger partial charge in [-0.25, -0.2) is 4.98 Å². The quantitative estimate of drug-likeness (QED) is 0.677. The molecule has 0 atom stereocenters. The predicted octanol–water partition coefficient (Wildman–Crippen LogP) is 3.04. The maximum absolute atomic E-state index is 5.20. The van der Waals surface area contributed by atoms with E-state index in [1.165, 1.54) is 10.6 Å². The fourth-order valence-electron chi connectivity index (χ4n) is 3.13. The van der Waals surface area contributed by atoms with Gasteiger partial charge in [-0.3, -0.25) is 4.68 Å². The number of aromatic nitrogens is 4. The third-order valence-electron chi connectivity index (χ3n) is 4.50. The summed E-state index contributed by atoms with van der Waals surface area (Å²) in [6.07, 6.45) is 5.00. The van der Waals surface area contributed by atoms with Crippen LogP contribution in [0.4, 0.5) is 0 Å². The summed E-state index contributed by atoms with van der Waals surface area (Å²) < 4.78 is 9.50. The molecule has 0 radical (unpaired) electrons. The van der Waals surface area contributed by atoms with Gasteiger partial charge in [-0.15, -0.1) is 11.8 Å². The van der Waals surface area contributed by atoms with E-state index in [0.29, 0.717) is 0 Å². The van der Waals surface area contributed by atoms with Crippen molar-refractivity contribution < 1.29 is 4.74 Å². The van der Waals surface area contributed by atoms with Gasteiger partial charge < -0.3 is 14.6 Å². The predicted molar refractivity (Wildman–Crippen MR) is 103 cm³/mol. The maximum Gasteiger partial charge on any atom is 0.160 e. The number of hydrogen-bond donors (Lipinski definition) is 1. The van der Waals surface area contributed by atoms with Crippen molar-refractivity contribution in [2.45, 2.75) is 31.0 Å². The minimum Gasteiger partial charge on any atom is -0.497 e. The van der Waals surface area contributed by atoms with Crippen LogP contribution in [0.3, 0.4) is 0 Å². The molecule has 0 aliphatic carbocycles. The first kappa shape index (κ1) is 17.2. The van der Waals surface area contributed by atoms with E-state index in [1.807, 2.05) is 36.3 Å². The Hall–Kier alpha value is -2.25. The highest BCUT2D eigenvalue weighted by Crippen LogP contribution is 2.23. The third-order valence-corrected chi connectivity index (χ3v) is 5.49. The lowest BCUT2D eigenvalue weighted by molar-refractivity contribution is 0.414. The zero-order valence-corrected chi connectivity index (χ0v) is 15.7. The van der Waals surface area contributed by atoms with Crippen LogP contribution in [0.2, 0.25) is 0 Å². The second kappa shape index (κ2) is 7.97. The fraction of sp³-hybridized carbons (Fsp3) is 0.368. The van der Waals surface area contributed by atoms with Crippen molar-refractivity contribution >= 4 is 11.8 Å². The molecule has 1 N–H and O–H groups in total. The van der Waals surface area contributed by atoms with Gasteiger partial charge >= 0.3 is 0 Å². The molecule has 3 aromatic rings. The number of nitrogens with one attached hydrogen (secondary N) is 1. The molecule has 1 aliphatic heterocycles. The van der Waals surface area contributed by atoms with E-state index < -0.39 is 0 Å². The Bertz CT molecular complexity index is 832. The molecule has 7 heteroatoms. The Morgan fingerprint density at radius 3 is 3.00 bits per heavy atom. The maximum atomic E-state index is 5.20. The summed E-state index contributed by atoms with van der Waals surface area (Å²) >= 11 is 1.83. The van der Waals surface area contributed by atoms with Gasteiger partial charge in [0.15, 0.2) is 5.82 Å². The topological polar surface area (TPSA) is 56.9 Å². The molecule has 1 aliphatic rings. The molecule has 136 valence electrons. The number of rotatable bonds is 6. The Kier molecular flexibility index (Phi) is 5.26. The Morgan fingerprint density at radius 1 is 1.27 bits per heavy atom. The molecule has 6 nitrogen and oxygen atoms in total. The van der Waals surface area contributed by atoms with Gasteiger partial charge in [-0.2, -0.15) is 5.10 Å². The van der Waals surface area contributed by atoms with Crippen LogP contribution in [0.1, 0.15) is 12.1 Å². The molecule has 4 rings (SSSR count). The monoisotopic (exact) mass is 369 g/mol. The first-order chi connectivity index (χ1) is 12.8. The molecular formula is C19H23N5OS. The van der Waals surface area contributed by atoms with Crippen LogP contribution in [0.25, 0.3) is 11.5 Å². The molecule has 0 unspecified atom stereocenters. The lowest BCUT2D eigenvalue weighted by atomic mass is 10.3. The van der Waals surface area contributed by atoms with Gasteiger partial charge in [0.1, 0.15) is 11.4 Å². The Balaban J connectivity index is 1.42. The first-order valence-electron chi connectivity index (χ1n) is 8.89. The van der Waals surface area contributed by atoms with Crippen molar-refractivity contribution in [2.75, 3.05) is 19.4 Å². The molecule has 0 saturated carbocycles. The standard InChI is InChI=1S/C19H23N5OS/c1-25-16-3-5-17(6-4-16)26-12-11-23-10-8-21-19(23)18-13-15-14-20-7-2-9-24(15)22-18/h3-6,8,10,13,20H,2,7,9,11-12,14H2,1H3. The summed E-state index contributed by atoms with van der Waals surface area (Å²) in [5.74, 6) is 2.81. The van der Waals surface area contributed by atoms with Gasteiger partial charge in [0, 0.05) is 42.7 Å². The van der Waals surface area contributed by atoms with Crippen LogP contribution >= 0.6 is 11.8 Å². The number of aryl methyl sites for hydroxylation is 2. The van der Waals surface area contributed by atoms with E-state index in [1.54, 1.807) is 7.11 Å². The molecule has 26 heavy (non-hydrogen) atoms. The fourth-order valence-corrected chi connectivity index (χ4v) is 3.98. The SMILES string of the molecule is COc1ccc(SCCn2ccnc2-c2cc3n(n2)CCCNC3)cc1. The highest BCUT2D eigenvalue weighted by atomic mass is 32.2. The molecule has 0 bridgehead atoms. The van der Waals surface area contributed by atoms with Crippen LogP contribution < -0.4 is 10.1 Å². The number of thioether (sulfide) groups is 1. The van der Waals surface area contributed by atoms with Gasteiger partial charge in [-0.05, 0) is 43.3 Å². The third kappa shape index (κ3) is 3.78. The van der Waals surface area contributed by atoms with Crippen molar-refractivity contribution in [1.82, 2.24) is 24.6 Å². The summed E-state index contributed by atoms with van der Waals surface area (Å²) in [6.45, 7) is 3.79. The lowest BCUT2D eigenvalue weighted by Gasteiger charge is -2.07. The zero-order chi connectivity index (χ0) is 17.8. The van der Waals surface area contributed by atoms with E-state index in [4.69, 9.17) is 9.84 Å². The number of fused-ring (bicyclic) bond motifs is 1. The van der Waals surface area contributed by atoms with Crippen molar-refractivity contribution in [2.24, 2.45) is 0 Å². The Morgan fingerprint density at radius 2 is 2.15 bits per heavy atom. The van der Waals surface area contributed by atoms with Crippen LogP contribution in [0, 0.1) is 0 Å². The average molecular weight is 369 g/mol. The zero-order valence-electron chi connectivity index (χ0n) is 14.9. The van der Waals surface area contributed by atoms with Crippen LogP contribution in [0.5, 0.6) is 5.75 Å². The van der Waals surface area contributed by atoms with E-state index in [9.17, 15) is 0 Å². The number of imidazole rings is 1. The minimum atomic E-state index is 0.876. The van der Waals surface area contributed by atoms with Gasteiger partial charge in [0.05, 0.1) is 12.8 Å². The number of hydrogen-bond acceptors (Lipinski definition) is 5. The van der Waals surface area contributed by atoms with Crippen LogP contribution in [-0.2, 0) is 19.6 Å². The number of benzene rings is 1. The van der Waals surface area contributed by atoms with Gasteiger partial charge in [0.2, 0.25) is 0 Å². The highest BCUT2D eigenvalue weighted by molar-refractivity contribution is 7.99. The molecule has 3 heterocycles. The van der Waals surface area contributed by atoms with E-state index in [2.05, 4.69) is 37.7 Å². The molecule has 1 aromatic carbocycles. The molecular weight excluding hydrogens is 346 g/mol. The summed E-state index contributed by atoms with van der Waals surface area (Å²) in [4.78, 5) is 5.79. The number of ether oxygens (including phenoxy) is 1. The minimum absolute atomic E-state index is 0.876. The molecule has 0 fully saturated rings. The first-order valence-corrected chi connectivity index (χ1v) is 9.88. The normalized spacial score (nSPS) is 14.0. The smallest absolute Gasteiger partial charge is 0.160 e. The van der Waals surface area contributed by atoms with Crippen LogP contribution in [0.15, 0.2) is 47.6 Å². The van der Waals surface area contributed by atoms with E-state index >= 15 is 0 Å². The average Bonchev–Trinajstić information content (AvgIpc) is 3.24. The molecule has 0 saturated heterocycles. The van der Waals surface area contributed by atoms with E-state index in [0.717, 1.165) is 55.6 Å². The largest absolute Gasteiger partial charge is 0.497 e. The number of nitrogens with zero attached hydrogens (tertiary/aromatic N) is 4. The summed E-state index contributed by atoms with van der Waals surface area (Å²) in [7, 11) is 1.69. The highest BCUT2D eigenvalue weighted by Gasteiger charge is 2.15. The molecule has 0 spiro atoms. The number of methoxy groups -OCH3 is 1. The van der Waals surface area contributed by atoms with Crippen molar-refractivity contribution in [3.63, 3.8) is 0 Å². The van der Waals surface area contributed by atoms with Crippen molar-refractivity contribution in [1.29, 1.82) is 0 Å². The van der Waals surface area contributed by atoms with Gasteiger partial charge in [-0.1, -0.05) is 0 Å². The molecule has 2 aromatic heterocycles. The van der Waals surface area contributed by atoms with E-state index in [-0.39, 0.29) is 0 Å². The summed E-state index contributed by atoms with van der Waals surface area (Å²) in [6, 6.07) is 10.3. The second-order valence-corrected chi connectivity index (χ2v) is 7.41.